The van der Waals surface area contributed by atoms with E-state index in [1.54, 1.807) is 12.1 Å². The molecule has 37 heavy (non-hydrogen) atoms. The van der Waals surface area contributed by atoms with Gasteiger partial charge in [-0.25, -0.2) is 0 Å². The summed E-state index contributed by atoms with van der Waals surface area (Å²) in [4.78, 5) is 23.3. The van der Waals surface area contributed by atoms with Crippen LogP contribution in [0.4, 0.5) is 13.2 Å². The predicted octanol–water partition coefficient (Wildman–Crippen LogP) is 7.81. The molecule has 0 heterocycles. The molecule has 0 saturated heterocycles. The summed E-state index contributed by atoms with van der Waals surface area (Å²) in [7, 11) is -2.30. The van der Waals surface area contributed by atoms with Crippen LogP contribution in [0.3, 0.4) is 0 Å². The minimum atomic E-state index is -4.39. The van der Waals surface area contributed by atoms with E-state index in [0.29, 0.717) is 35.3 Å². The Kier molecular flexibility index (Phi) is 9.62. The number of oxime groups is 1. The zero-order chi connectivity index (χ0) is 26.4. The van der Waals surface area contributed by atoms with Crippen LogP contribution in [0.15, 0.2) is 47.6 Å². The Morgan fingerprint density at radius 2 is 1.70 bits per heavy atom. The van der Waals surface area contributed by atoms with Crippen LogP contribution in [-0.4, -0.2) is 22.1 Å². The van der Waals surface area contributed by atoms with Gasteiger partial charge in [-0.05, 0) is 85.1 Å². The van der Waals surface area contributed by atoms with Crippen molar-refractivity contribution < 1.29 is 32.3 Å². The zero-order valence-electron chi connectivity index (χ0n) is 21.1. The second kappa shape index (κ2) is 12.7. The van der Waals surface area contributed by atoms with Crippen molar-refractivity contribution in [2.75, 3.05) is 6.61 Å². The van der Waals surface area contributed by atoms with Crippen molar-refractivity contribution >= 4 is 14.3 Å². The van der Waals surface area contributed by atoms with Gasteiger partial charge >= 0.3 is 14.8 Å². The monoisotopic (exact) mass is 537 g/mol. The molecule has 2 aliphatic rings. The third-order valence-electron chi connectivity index (χ3n) is 7.67. The maximum Gasteiger partial charge on any atom is 0.416 e. The van der Waals surface area contributed by atoms with Gasteiger partial charge < -0.3 is 19.1 Å². The van der Waals surface area contributed by atoms with Crippen molar-refractivity contribution in [1.29, 1.82) is 0 Å². The second-order valence-electron chi connectivity index (χ2n) is 10.3. The van der Waals surface area contributed by atoms with Gasteiger partial charge in [-0.3, -0.25) is 0 Å². The Morgan fingerprint density at radius 1 is 0.973 bits per heavy atom. The fourth-order valence-corrected chi connectivity index (χ4v) is 6.01. The van der Waals surface area contributed by atoms with E-state index < -0.39 is 20.3 Å². The molecule has 2 fully saturated rings. The Labute approximate surface area is 217 Å². The van der Waals surface area contributed by atoms with Crippen molar-refractivity contribution in [3.63, 3.8) is 0 Å². The summed E-state index contributed by atoms with van der Waals surface area (Å²) in [6, 6.07) is 12.6. The van der Waals surface area contributed by atoms with Crippen LogP contribution in [0.2, 0.25) is 0 Å². The number of halogens is 3. The number of nitrogens with zero attached hydrogens (tertiary/aromatic N) is 1. The summed E-state index contributed by atoms with van der Waals surface area (Å²) in [5, 5.41) is 4.15. The number of hydrogen-bond donors (Lipinski definition) is 2. The average Bonchev–Trinajstić information content (AvgIpc) is 3.37. The largest absolute Gasteiger partial charge is 0.416 e. The molecular weight excluding hydrogens is 502 g/mol. The molecule has 0 radical (unpaired) electrons. The molecule has 2 atom stereocenters. The third-order valence-corrected chi connectivity index (χ3v) is 8.05. The summed E-state index contributed by atoms with van der Waals surface area (Å²) in [5.74, 6) is 0.695. The molecule has 4 rings (SSSR count). The highest BCUT2D eigenvalue weighted by Crippen LogP contribution is 2.42. The van der Waals surface area contributed by atoms with Gasteiger partial charge in [0.1, 0.15) is 6.61 Å². The van der Waals surface area contributed by atoms with E-state index in [9.17, 15) is 13.2 Å². The van der Waals surface area contributed by atoms with Gasteiger partial charge in [-0.15, -0.1) is 0 Å². The van der Waals surface area contributed by atoms with Gasteiger partial charge in [0.25, 0.3) is 0 Å². The third kappa shape index (κ3) is 7.76. The molecule has 2 N–H and O–H groups in total. The SMILES string of the molecule is C/C(=N\OCc1ccc(C2CCCCC2)c(C(F)(F)F)c1)c1ccc(C2CCC(COP(O)O)C2)cc1. The van der Waals surface area contributed by atoms with E-state index in [1.807, 2.05) is 19.1 Å². The summed E-state index contributed by atoms with van der Waals surface area (Å²) in [6.07, 6.45) is 3.24. The second-order valence-corrected chi connectivity index (χ2v) is 11.0. The molecule has 0 amide bonds. The fraction of sp³-hybridized carbons (Fsp3) is 0.536. The summed E-state index contributed by atoms with van der Waals surface area (Å²) in [6.45, 7) is 2.15. The quantitative estimate of drug-likeness (QED) is 0.194. The molecule has 2 saturated carbocycles. The number of benzene rings is 2. The molecule has 5 nitrogen and oxygen atoms in total. The minimum Gasteiger partial charge on any atom is -0.391 e. The zero-order valence-corrected chi connectivity index (χ0v) is 22.0. The van der Waals surface area contributed by atoms with Gasteiger partial charge in [0.15, 0.2) is 0 Å². The van der Waals surface area contributed by atoms with Gasteiger partial charge in [0, 0.05) is 0 Å². The Balaban J connectivity index is 1.34. The lowest BCUT2D eigenvalue weighted by Crippen LogP contribution is -2.15. The molecule has 202 valence electrons. The van der Waals surface area contributed by atoms with E-state index in [0.717, 1.165) is 56.9 Å². The molecule has 2 unspecified atom stereocenters. The fourth-order valence-electron chi connectivity index (χ4n) is 5.66. The highest BCUT2D eigenvalue weighted by Gasteiger charge is 2.35. The maximum atomic E-state index is 13.8. The molecule has 0 aliphatic heterocycles. The van der Waals surface area contributed by atoms with Crippen LogP contribution in [0.25, 0.3) is 0 Å². The van der Waals surface area contributed by atoms with E-state index >= 15 is 0 Å². The van der Waals surface area contributed by atoms with Crippen molar-refractivity contribution in [2.24, 2.45) is 11.1 Å². The molecule has 9 heteroatoms. The Bertz CT molecular complexity index is 1050. The molecule has 0 aromatic heterocycles. The first kappa shape index (κ1) is 28.0. The first-order chi connectivity index (χ1) is 17.7. The summed E-state index contributed by atoms with van der Waals surface area (Å²) < 4.78 is 46.4. The van der Waals surface area contributed by atoms with Crippen molar-refractivity contribution in [1.82, 2.24) is 0 Å². The van der Waals surface area contributed by atoms with E-state index in [-0.39, 0.29) is 12.5 Å². The number of alkyl halides is 3. The van der Waals surface area contributed by atoms with Gasteiger partial charge in [0.05, 0.1) is 17.9 Å². The van der Waals surface area contributed by atoms with E-state index in [2.05, 4.69) is 17.3 Å². The topological polar surface area (TPSA) is 71.3 Å². The molecule has 2 aromatic carbocycles. The van der Waals surface area contributed by atoms with Crippen LogP contribution >= 0.6 is 8.60 Å². The first-order valence-electron chi connectivity index (χ1n) is 13.0. The van der Waals surface area contributed by atoms with Crippen LogP contribution in [0.5, 0.6) is 0 Å². The number of rotatable bonds is 9. The lowest BCUT2D eigenvalue weighted by Gasteiger charge is -2.25. The van der Waals surface area contributed by atoms with E-state index in [4.69, 9.17) is 19.1 Å². The van der Waals surface area contributed by atoms with Gasteiger partial charge in [-0.2, -0.15) is 13.2 Å². The molecule has 0 spiro atoms. The lowest BCUT2D eigenvalue weighted by molar-refractivity contribution is -0.138. The average molecular weight is 538 g/mol. The summed E-state index contributed by atoms with van der Waals surface area (Å²) in [5.41, 5.74) is 3.06. The van der Waals surface area contributed by atoms with Gasteiger partial charge in [-0.1, -0.05) is 60.8 Å². The first-order valence-corrected chi connectivity index (χ1v) is 14.1. The molecular formula is C28H35F3NO4P. The Morgan fingerprint density at radius 3 is 2.38 bits per heavy atom. The van der Waals surface area contributed by atoms with Crippen LogP contribution in [0, 0.1) is 5.92 Å². The molecule has 2 aliphatic carbocycles. The van der Waals surface area contributed by atoms with Crippen LogP contribution < -0.4 is 0 Å². The van der Waals surface area contributed by atoms with Crippen molar-refractivity contribution in [3.8, 4) is 0 Å². The maximum absolute atomic E-state index is 13.8. The highest BCUT2D eigenvalue weighted by molar-refractivity contribution is 7.39. The smallest absolute Gasteiger partial charge is 0.391 e. The Hall–Kier alpha value is -1.99. The summed E-state index contributed by atoms with van der Waals surface area (Å²) >= 11 is 0. The van der Waals surface area contributed by atoms with Gasteiger partial charge in [0.2, 0.25) is 0 Å². The number of hydrogen-bond acceptors (Lipinski definition) is 5. The highest BCUT2D eigenvalue weighted by atomic mass is 31.2. The molecule has 0 bridgehead atoms. The predicted molar refractivity (Wildman–Crippen MR) is 138 cm³/mol. The standard InChI is InChI=1S/C28H35F3NO4P/c1-19(22-10-12-23(13-11-22)25-9-7-20(15-25)18-36-37(33)34)32-35-17-21-8-14-26(24-5-3-2-4-6-24)27(16-21)28(29,30)31/h8,10-14,16,20,24-25,33-34H,2-7,9,15,17-18H2,1H3/b32-19+. The van der Waals surface area contributed by atoms with Crippen molar-refractivity contribution in [2.45, 2.75) is 82.9 Å². The van der Waals surface area contributed by atoms with Crippen LogP contribution in [0.1, 0.15) is 97.9 Å². The lowest BCUT2D eigenvalue weighted by atomic mass is 9.81. The van der Waals surface area contributed by atoms with E-state index in [1.165, 1.54) is 11.6 Å². The van der Waals surface area contributed by atoms with Crippen molar-refractivity contribution in [3.05, 3.63) is 70.3 Å². The molecule has 2 aromatic rings. The normalized spacial score (nSPS) is 21.5. The minimum absolute atomic E-state index is 0.0266. The van der Waals surface area contributed by atoms with Crippen LogP contribution in [-0.2, 0) is 22.1 Å².